The number of carbonyl (C=O) groups is 2. The number of Topliss-reactive ketones (excluding diaryl/α,β-unsaturated/α-hetero) is 1. The molecule has 0 spiro atoms. The molecule has 6 heteroatoms. The average molecular weight is 428 g/mol. The van der Waals surface area contributed by atoms with Crippen LogP contribution in [0.1, 0.15) is 33.9 Å². The number of aliphatic hydroxyl groups is 1. The molecule has 1 amide bonds. The van der Waals surface area contributed by atoms with E-state index in [0.717, 1.165) is 16.7 Å². The molecule has 1 saturated heterocycles. The number of benzene rings is 2. The fraction of sp³-hybridized carbons (Fsp3) is 0.192. The molecular formula is C26H24N2O4. The summed E-state index contributed by atoms with van der Waals surface area (Å²) in [5.74, 6) is -0.798. The van der Waals surface area contributed by atoms with Gasteiger partial charge >= 0.3 is 0 Å². The van der Waals surface area contributed by atoms with Gasteiger partial charge < -0.3 is 14.7 Å². The number of rotatable bonds is 5. The molecule has 0 bridgehead atoms. The monoisotopic (exact) mass is 428 g/mol. The Balaban J connectivity index is 1.84. The minimum Gasteiger partial charge on any atom is -0.507 e. The van der Waals surface area contributed by atoms with Gasteiger partial charge in [0.25, 0.3) is 11.7 Å². The quantitative estimate of drug-likeness (QED) is 0.372. The van der Waals surface area contributed by atoms with Gasteiger partial charge in [-0.25, -0.2) is 0 Å². The largest absolute Gasteiger partial charge is 0.507 e. The maximum absolute atomic E-state index is 13.2. The summed E-state index contributed by atoms with van der Waals surface area (Å²) in [6, 6.07) is 15.8. The molecule has 1 aliphatic rings. The standard InChI is InChI=1S/C26H24N2O4/c1-16-4-5-17(2)21(14-16)24(29)22-23(19-10-12-27-13-11-19)28(26(31)25(22)30)15-18-6-8-20(32-3)9-7-18/h4-14,23,29H,15H2,1-3H3/b24-22+. The minimum atomic E-state index is -0.722. The zero-order chi connectivity index (χ0) is 22.8. The summed E-state index contributed by atoms with van der Waals surface area (Å²) in [6.45, 7) is 3.99. The van der Waals surface area contributed by atoms with E-state index in [9.17, 15) is 14.7 Å². The molecule has 2 aromatic carbocycles. The maximum Gasteiger partial charge on any atom is 0.295 e. The van der Waals surface area contributed by atoms with Gasteiger partial charge in [0.1, 0.15) is 11.5 Å². The van der Waals surface area contributed by atoms with Gasteiger partial charge in [-0.3, -0.25) is 14.6 Å². The Morgan fingerprint density at radius 2 is 1.72 bits per heavy atom. The molecule has 1 atom stereocenters. The van der Waals surface area contributed by atoms with Crippen molar-refractivity contribution in [2.75, 3.05) is 7.11 Å². The van der Waals surface area contributed by atoms with Crippen LogP contribution in [0.5, 0.6) is 5.75 Å². The summed E-state index contributed by atoms with van der Waals surface area (Å²) in [6.07, 6.45) is 3.22. The molecule has 4 rings (SSSR count). The van der Waals surface area contributed by atoms with Crippen LogP contribution in [0.15, 0.2) is 72.6 Å². The van der Waals surface area contributed by atoms with Gasteiger partial charge in [0.05, 0.1) is 18.7 Å². The zero-order valence-corrected chi connectivity index (χ0v) is 18.2. The van der Waals surface area contributed by atoms with E-state index in [1.54, 1.807) is 31.6 Å². The molecule has 1 N–H and O–H groups in total. The van der Waals surface area contributed by atoms with Crippen molar-refractivity contribution in [1.82, 2.24) is 9.88 Å². The summed E-state index contributed by atoms with van der Waals surface area (Å²) in [7, 11) is 1.59. The van der Waals surface area contributed by atoms with Crippen LogP contribution in [0.2, 0.25) is 0 Å². The molecule has 0 saturated carbocycles. The first-order valence-electron chi connectivity index (χ1n) is 10.3. The van der Waals surface area contributed by atoms with Gasteiger partial charge in [-0.05, 0) is 60.9 Å². The molecule has 2 heterocycles. The third kappa shape index (κ3) is 3.87. The summed E-state index contributed by atoms with van der Waals surface area (Å²) in [4.78, 5) is 31.8. The molecule has 162 valence electrons. The highest BCUT2D eigenvalue weighted by Crippen LogP contribution is 2.40. The predicted octanol–water partition coefficient (Wildman–Crippen LogP) is 4.33. The maximum atomic E-state index is 13.2. The smallest absolute Gasteiger partial charge is 0.295 e. The van der Waals surface area contributed by atoms with Gasteiger partial charge in [-0.1, -0.05) is 29.8 Å². The molecule has 32 heavy (non-hydrogen) atoms. The van der Waals surface area contributed by atoms with Crippen molar-refractivity contribution in [3.8, 4) is 5.75 Å². The number of methoxy groups -OCH3 is 1. The number of nitrogens with zero attached hydrogens (tertiary/aromatic N) is 2. The number of aliphatic hydroxyl groups excluding tert-OH is 1. The number of ketones is 1. The summed E-state index contributed by atoms with van der Waals surface area (Å²) in [5, 5.41) is 11.2. The Hall–Kier alpha value is -3.93. The van der Waals surface area contributed by atoms with Crippen molar-refractivity contribution in [2.45, 2.75) is 26.4 Å². The number of pyridine rings is 1. The molecule has 1 aromatic heterocycles. The predicted molar refractivity (Wildman–Crippen MR) is 121 cm³/mol. The van der Waals surface area contributed by atoms with Crippen LogP contribution in [0, 0.1) is 13.8 Å². The Morgan fingerprint density at radius 1 is 1.03 bits per heavy atom. The molecule has 1 fully saturated rings. The van der Waals surface area contributed by atoms with Crippen LogP contribution in [-0.4, -0.2) is 33.8 Å². The highest BCUT2D eigenvalue weighted by molar-refractivity contribution is 6.46. The van der Waals surface area contributed by atoms with Crippen LogP contribution in [0.4, 0.5) is 0 Å². The lowest BCUT2D eigenvalue weighted by Gasteiger charge is -2.25. The fourth-order valence-electron chi connectivity index (χ4n) is 4.00. The van der Waals surface area contributed by atoms with Gasteiger partial charge in [-0.15, -0.1) is 0 Å². The number of carbonyl (C=O) groups excluding carboxylic acids is 2. The lowest BCUT2D eigenvalue weighted by atomic mass is 9.93. The third-order valence-electron chi connectivity index (χ3n) is 5.72. The Labute approximate surface area is 186 Å². The molecule has 0 radical (unpaired) electrons. The van der Waals surface area contributed by atoms with E-state index in [0.29, 0.717) is 16.9 Å². The van der Waals surface area contributed by atoms with Crippen LogP contribution in [0.3, 0.4) is 0 Å². The zero-order valence-electron chi connectivity index (χ0n) is 18.2. The summed E-state index contributed by atoms with van der Waals surface area (Å²) >= 11 is 0. The highest BCUT2D eigenvalue weighted by atomic mass is 16.5. The third-order valence-corrected chi connectivity index (χ3v) is 5.72. The number of aromatic nitrogens is 1. The Bertz CT molecular complexity index is 1200. The van der Waals surface area contributed by atoms with Crippen molar-refractivity contribution in [3.63, 3.8) is 0 Å². The minimum absolute atomic E-state index is 0.0865. The Morgan fingerprint density at radius 3 is 2.38 bits per heavy atom. The Kier molecular flexibility index (Phi) is 5.77. The molecule has 1 aliphatic heterocycles. The number of likely N-dealkylation sites (tertiary alicyclic amines) is 1. The topological polar surface area (TPSA) is 79.7 Å². The van der Waals surface area contributed by atoms with E-state index in [1.807, 2.05) is 56.3 Å². The number of ether oxygens (including phenoxy) is 1. The second-order valence-corrected chi connectivity index (χ2v) is 7.87. The second kappa shape index (κ2) is 8.67. The van der Waals surface area contributed by atoms with Crippen molar-refractivity contribution in [1.29, 1.82) is 0 Å². The molecule has 1 unspecified atom stereocenters. The van der Waals surface area contributed by atoms with Crippen molar-refractivity contribution in [3.05, 3.63) is 100 Å². The highest BCUT2D eigenvalue weighted by Gasteiger charge is 2.46. The second-order valence-electron chi connectivity index (χ2n) is 7.87. The van der Waals surface area contributed by atoms with Crippen LogP contribution in [-0.2, 0) is 16.1 Å². The van der Waals surface area contributed by atoms with E-state index >= 15 is 0 Å². The van der Waals surface area contributed by atoms with Crippen molar-refractivity contribution in [2.24, 2.45) is 0 Å². The normalized spacial score (nSPS) is 17.6. The van der Waals surface area contributed by atoms with Crippen LogP contribution >= 0.6 is 0 Å². The molecule has 0 aliphatic carbocycles. The first-order valence-corrected chi connectivity index (χ1v) is 10.3. The average Bonchev–Trinajstić information content (AvgIpc) is 3.06. The van der Waals surface area contributed by atoms with Gasteiger partial charge in [0.15, 0.2) is 0 Å². The van der Waals surface area contributed by atoms with E-state index in [4.69, 9.17) is 4.74 Å². The lowest BCUT2D eigenvalue weighted by molar-refractivity contribution is -0.140. The van der Waals surface area contributed by atoms with Crippen LogP contribution in [0.25, 0.3) is 5.76 Å². The van der Waals surface area contributed by atoms with Gasteiger partial charge in [0.2, 0.25) is 0 Å². The van der Waals surface area contributed by atoms with Gasteiger partial charge in [0, 0.05) is 24.5 Å². The molecular weight excluding hydrogens is 404 g/mol. The van der Waals surface area contributed by atoms with E-state index in [2.05, 4.69) is 4.98 Å². The molecule has 3 aromatic rings. The van der Waals surface area contributed by atoms with E-state index < -0.39 is 17.7 Å². The summed E-state index contributed by atoms with van der Waals surface area (Å²) in [5.41, 5.74) is 3.96. The van der Waals surface area contributed by atoms with Crippen molar-refractivity contribution < 1.29 is 19.4 Å². The first kappa shape index (κ1) is 21.3. The lowest BCUT2D eigenvalue weighted by Crippen LogP contribution is -2.29. The fourth-order valence-corrected chi connectivity index (χ4v) is 4.00. The molecule has 6 nitrogen and oxygen atoms in total. The number of hydrogen-bond acceptors (Lipinski definition) is 5. The number of amides is 1. The SMILES string of the molecule is COc1ccc(CN2C(=O)C(=O)/C(=C(/O)c3cc(C)ccc3C)C2c2ccncc2)cc1. The first-order chi connectivity index (χ1) is 15.4. The van der Waals surface area contributed by atoms with Gasteiger partial charge in [-0.2, -0.15) is 0 Å². The van der Waals surface area contributed by atoms with E-state index in [-0.39, 0.29) is 17.9 Å². The van der Waals surface area contributed by atoms with E-state index in [1.165, 1.54) is 4.90 Å². The number of aryl methyl sites for hydroxylation is 2. The van der Waals surface area contributed by atoms with Crippen LogP contribution < -0.4 is 4.74 Å². The summed E-state index contributed by atoms with van der Waals surface area (Å²) < 4.78 is 5.20. The number of hydrogen-bond donors (Lipinski definition) is 1. The van der Waals surface area contributed by atoms with Crippen molar-refractivity contribution >= 4 is 17.4 Å².